The van der Waals surface area contributed by atoms with Crippen LogP contribution in [0.3, 0.4) is 0 Å². The van der Waals surface area contributed by atoms with Crippen LogP contribution in [-0.2, 0) is 11.4 Å². The van der Waals surface area contributed by atoms with Crippen LogP contribution in [0.2, 0.25) is 0 Å². The van der Waals surface area contributed by atoms with Crippen LogP contribution in [-0.4, -0.2) is 31.6 Å². The van der Waals surface area contributed by atoms with Gasteiger partial charge in [-0.2, -0.15) is 0 Å². The molecule has 0 saturated carbocycles. The summed E-state index contributed by atoms with van der Waals surface area (Å²) in [5.74, 6) is 4.73. The highest BCUT2D eigenvalue weighted by molar-refractivity contribution is 7.73. The number of nitrogens with two attached hydrogens (primary N) is 1. The summed E-state index contributed by atoms with van der Waals surface area (Å²) in [4.78, 5) is 0. The molecule has 0 amide bonds. The van der Waals surface area contributed by atoms with Crippen molar-refractivity contribution in [3.8, 4) is 0 Å². The molecule has 0 aliphatic rings. The van der Waals surface area contributed by atoms with Crippen LogP contribution in [0.5, 0.6) is 0 Å². The van der Waals surface area contributed by atoms with Gasteiger partial charge in [0, 0.05) is 6.54 Å². The van der Waals surface area contributed by atoms with Crippen molar-refractivity contribution < 1.29 is 18.4 Å². The van der Waals surface area contributed by atoms with E-state index >= 15 is 0 Å². The number of hydrazine groups is 1. The fourth-order valence-corrected chi connectivity index (χ4v) is 0.0645. The predicted octanol–water partition coefficient (Wildman–Crippen LogP) is -2.22. The first kappa shape index (κ1) is 11.7. The second-order valence-corrected chi connectivity index (χ2v) is 1.33. The van der Waals surface area contributed by atoms with Crippen LogP contribution in [0, 0.1) is 0 Å². The summed E-state index contributed by atoms with van der Waals surface area (Å²) in [6.07, 6.45) is 0. The molecule has 7 heteroatoms. The molecular weight excluding hydrogens is 148 g/mol. The van der Waals surface area contributed by atoms with E-state index in [0.717, 1.165) is 0 Å². The number of aliphatic hydroxyl groups excluding tert-OH is 1. The number of nitrogens with one attached hydrogen (secondary N) is 1. The molecule has 1 atom stereocenters. The quantitative estimate of drug-likeness (QED) is 0.205. The van der Waals surface area contributed by atoms with Crippen molar-refractivity contribution in [1.29, 1.82) is 0 Å². The zero-order valence-corrected chi connectivity index (χ0v) is 5.43. The van der Waals surface area contributed by atoms with E-state index in [2.05, 4.69) is 5.43 Å². The molecule has 0 spiro atoms. The summed E-state index contributed by atoms with van der Waals surface area (Å²) in [5.41, 5.74) is 2.27. The van der Waals surface area contributed by atoms with E-state index in [9.17, 15) is 0 Å². The monoisotopic (exact) mass is 157 g/mol. The normalized spacial score (nSPS) is 11.6. The molecule has 0 fully saturated rings. The van der Waals surface area contributed by atoms with Gasteiger partial charge in [0.1, 0.15) is 0 Å². The Morgan fingerprint density at radius 2 is 2.11 bits per heavy atom. The summed E-state index contributed by atoms with van der Waals surface area (Å²) in [7, 11) is 0. The standard InChI is InChI=1S/C2H8N2O.H2O3S/c3-4-1-2-5;1-4(2)3/h4-5H,1-3H2;(H2,1,2,3)/p-1. The van der Waals surface area contributed by atoms with Gasteiger partial charge in [0.2, 0.25) is 0 Å². The summed E-state index contributed by atoms with van der Waals surface area (Å²) < 4.78 is 24.1. The first-order chi connectivity index (χ1) is 4.15. The molecule has 0 heterocycles. The summed E-state index contributed by atoms with van der Waals surface area (Å²) >= 11 is -2.86. The van der Waals surface area contributed by atoms with Crippen molar-refractivity contribution in [3.05, 3.63) is 0 Å². The molecule has 0 saturated heterocycles. The topological polar surface area (TPSA) is 119 Å². The Morgan fingerprint density at radius 3 is 2.11 bits per heavy atom. The van der Waals surface area contributed by atoms with Crippen LogP contribution in [0.4, 0.5) is 0 Å². The SMILES string of the molecule is NNCCO.O=S([O-])O. The van der Waals surface area contributed by atoms with Gasteiger partial charge in [-0.25, -0.2) is 4.21 Å². The molecule has 0 aliphatic carbocycles. The smallest absolute Gasteiger partial charge is 0.0814 e. The molecule has 0 aromatic carbocycles. The molecule has 0 aromatic heterocycles. The van der Waals surface area contributed by atoms with Crippen molar-refractivity contribution in [2.75, 3.05) is 13.2 Å². The number of hydrogen-bond donors (Lipinski definition) is 4. The Labute approximate surface area is 55.1 Å². The first-order valence-electron chi connectivity index (χ1n) is 1.97. The Balaban J connectivity index is 0. The Hall–Kier alpha value is -0.0500. The van der Waals surface area contributed by atoms with E-state index in [0.29, 0.717) is 6.54 Å². The van der Waals surface area contributed by atoms with E-state index in [1.165, 1.54) is 0 Å². The molecule has 0 bridgehead atoms. The Bertz CT molecular complexity index is 63.6. The average Bonchev–Trinajstić information content (AvgIpc) is 1.66. The van der Waals surface area contributed by atoms with Gasteiger partial charge >= 0.3 is 0 Å². The zero-order chi connectivity index (χ0) is 7.70. The third-order valence-corrected chi connectivity index (χ3v) is 0.256. The van der Waals surface area contributed by atoms with Crippen LogP contribution < -0.4 is 11.3 Å². The van der Waals surface area contributed by atoms with Crippen molar-refractivity contribution >= 4 is 11.4 Å². The lowest BCUT2D eigenvalue weighted by Gasteiger charge is -1.84. The maximum absolute atomic E-state index is 8.56. The minimum Gasteiger partial charge on any atom is -0.750 e. The van der Waals surface area contributed by atoms with E-state index in [-0.39, 0.29) is 6.61 Å². The molecule has 9 heavy (non-hydrogen) atoms. The van der Waals surface area contributed by atoms with Gasteiger partial charge < -0.3 is 14.2 Å². The molecule has 0 radical (unpaired) electrons. The summed E-state index contributed by atoms with van der Waals surface area (Å²) in [5, 5.41) is 7.92. The molecule has 58 valence electrons. The van der Waals surface area contributed by atoms with Crippen LogP contribution in [0.15, 0.2) is 0 Å². The lowest BCUT2D eigenvalue weighted by Crippen LogP contribution is -2.24. The molecular formula is C2H9N2O4S-. The second kappa shape index (κ2) is 10.8. The lowest BCUT2D eigenvalue weighted by atomic mass is 10.7. The Kier molecular flexibility index (Phi) is 14.1. The maximum Gasteiger partial charge on any atom is 0.0814 e. The zero-order valence-electron chi connectivity index (χ0n) is 4.61. The molecule has 0 aromatic rings. The largest absolute Gasteiger partial charge is 0.750 e. The highest BCUT2D eigenvalue weighted by atomic mass is 32.2. The van der Waals surface area contributed by atoms with Crippen LogP contribution in [0.1, 0.15) is 0 Å². The van der Waals surface area contributed by atoms with Crippen LogP contribution in [0.25, 0.3) is 0 Å². The van der Waals surface area contributed by atoms with Gasteiger partial charge in [-0.05, 0) is 0 Å². The highest BCUT2D eigenvalue weighted by Crippen LogP contribution is 1.43. The second-order valence-electron chi connectivity index (χ2n) is 0.895. The lowest BCUT2D eigenvalue weighted by molar-refractivity contribution is 0.293. The molecule has 6 nitrogen and oxygen atoms in total. The number of aliphatic hydroxyl groups is 1. The minimum absolute atomic E-state index is 0.108. The van der Waals surface area contributed by atoms with E-state index in [1.807, 2.05) is 0 Å². The summed E-state index contributed by atoms with van der Waals surface area (Å²) in [6, 6.07) is 0. The van der Waals surface area contributed by atoms with E-state index < -0.39 is 11.4 Å². The van der Waals surface area contributed by atoms with Gasteiger partial charge in [-0.3, -0.25) is 11.3 Å². The summed E-state index contributed by atoms with van der Waals surface area (Å²) in [6.45, 7) is 0.580. The van der Waals surface area contributed by atoms with Crippen molar-refractivity contribution in [2.24, 2.45) is 5.84 Å². The van der Waals surface area contributed by atoms with Gasteiger partial charge in [0.05, 0.1) is 18.0 Å². The van der Waals surface area contributed by atoms with Crippen molar-refractivity contribution in [1.82, 2.24) is 5.43 Å². The molecule has 0 aliphatic heterocycles. The first-order valence-corrected chi connectivity index (χ1v) is 3.01. The van der Waals surface area contributed by atoms with Gasteiger partial charge in [-0.1, -0.05) is 0 Å². The Morgan fingerprint density at radius 1 is 1.78 bits per heavy atom. The molecule has 5 N–H and O–H groups in total. The van der Waals surface area contributed by atoms with Gasteiger partial charge in [0.25, 0.3) is 0 Å². The number of hydrogen-bond acceptors (Lipinski definition) is 5. The third-order valence-electron chi connectivity index (χ3n) is 0.256. The molecule has 0 rings (SSSR count). The maximum atomic E-state index is 8.56. The molecule has 1 unspecified atom stereocenters. The average molecular weight is 157 g/mol. The minimum atomic E-state index is -2.86. The highest BCUT2D eigenvalue weighted by Gasteiger charge is 1.66. The van der Waals surface area contributed by atoms with Gasteiger partial charge in [-0.15, -0.1) is 0 Å². The van der Waals surface area contributed by atoms with Crippen LogP contribution >= 0.6 is 0 Å². The van der Waals surface area contributed by atoms with Gasteiger partial charge in [0.15, 0.2) is 0 Å². The van der Waals surface area contributed by atoms with Crippen molar-refractivity contribution in [3.63, 3.8) is 0 Å². The van der Waals surface area contributed by atoms with Crippen molar-refractivity contribution in [2.45, 2.75) is 0 Å². The van der Waals surface area contributed by atoms with E-state index in [4.69, 9.17) is 24.3 Å². The number of rotatable bonds is 2. The predicted molar refractivity (Wildman–Crippen MR) is 30.8 cm³/mol. The fourth-order valence-electron chi connectivity index (χ4n) is 0.0645. The fraction of sp³-hybridized carbons (Fsp3) is 1.00. The third kappa shape index (κ3) is 74.0. The van der Waals surface area contributed by atoms with E-state index in [1.54, 1.807) is 0 Å².